The van der Waals surface area contributed by atoms with Crippen LogP contribution in [-0.4, -0.2) is 52.2 Å². The van der Waals surface area contributed by atoms with Crippen LogP contribution in [0.1, 0.15) is 10.4 Å². The summed E-state index contributed by atoms with van der Waals surface area (Å²) in [6.45, 7) is -0.403. The number of nitrogens with zero attached hydrogens (tertiary/aromatic N) is 2. The number of carbonyl (C=O) groups is 1. The van der Waals surface area contributed by atoms with Crippen LogP contribution in [0.25, 0.3) is 0 Å². The lowest BCUT2D eigenvalue weighted by Gasteiger charge is -2.21. The lowest BCUT2D eigenvalue weighted by atomic mass is 10.1. The summed E-state index contributed by atoms with van der Waals surface area (Å²) < 4.78 is 0.0888. The maximum atomic E-state index is 12.2. The normalized spacial score (nSPS) is 10.3. The maximum absolute atomic E-state index is 12.2. The van der Waals surface area contributed by atoms with Gasteiger partial charge in [-0.3, -0.25) is 14.9 Å². The minimum atomic E-state index is -0.594. The third-order valence-electron chi connectivity index (χ3n) is 2.43. The predicted octanol–water partition coefficient (Wildman–Crippen LogP) is 0.784. The van der Waals surface area contributed by atoms with Gasteiger partial charge in [-0.05, 0) is 22.0 Å². The molecule has 8 heteroatoms. The molecular formula is C11H13BrN2O5. The molecule has 1 aromatic rings. The van der Waals surface area contributed by atoms with Crippen molar-refractivity contribution < 1.29 is 19.9 Å². The van der Waals surface area contributed by atoms with Crippen molar-refractivity contribution in [3.8, 4) is 0 Å². The number of rotatable bonds is 6. The Morgan fingerprint density at radius 3 is 2.37 bits per heavy atom. The number of carbonyl (C=O) groups excluding carboxylic acids is 1. The van der Waals surface area contributed by atoms with E-state index in [2.05, 4.69) is 15.9 Å². The van der Waals surface area contributed by atoms with E-state index in [4.69, 9.17) is 10.2 Å². The van der Waals surface area contributed by atoms with Crippen molar-refractivity contribution >= 4 is 27.5 Å². The molecule has 1 amide bonds. The molecule has 19 heavy (non-hydrogen) atoms. The highest BCUT2D eigenvalue weighted by Crippen LogP contribution is 2.29. The largest absolute Gasteiger partial charge is 0.395 e. The number of hydrogen-bond donors (Lipinski definition) is 2. The van der Waals surface area contributed by atoms with Crippen LogP contribution < -0.4 is 0 Å². The number of hydrogen-bond acceptors (Lipinski definition) is 5. The summed E-state index contributed by atoms with van der Waals surface area (Å²) in [6.07, 6.45) is 0. The van der Waals surface area contributed by atoms with Crippen molar-refractivity contribution in [1.29, 1.82) is 0 Å². The first-order valence-corrected chi connectivity index (χ1v) is 6.26. The number of nitro benzene ring substituents is 1. The molecule has 0 spiro atoms. The molecule has 0 fully saturated rings. The summed E-state index contributed by atoms with van der Waals surface area (Å²) in [5.74, 6) is -0.487. The second-order valence-corrected chi connectivity index (χ2v) is 4.43. The van der Waals surface area contributed by atoms with Gasteiger partial charge in [0.25, 0.3) is 11.6 Å². The van der Waals surface area contributed by atoms with Crippen LogP contribution >= 0.6 is 15.9 Å². The molecule has 0 saturated heterocycles. The fourth-order valence-electron chi connectivity index (χ4n) is 1.55. The van der Waals surface area contributed by atoms with Gasteiger partial charge in [-0.25, -0.2) is 0 Å². The van der Waals surface area contributed by atoms with E-state index in [-0.39, 0.29) is 42.0 Å². The minimum Gasteiger partial charge on any atom is -0.395 e. The summed E-state index contributed by atoms with van der Waals surface area (Å²) in [4.78, 5) is 23.6. The first-order chi connectivity index (χ1) is 9.02. The molecule has 7 nitrogen and oxygen atoms in total. The Labute approximate surface area is 117 Å². The number of aliphatic hydroxyl groups excluding tert-OH is 2. The van der Waals surface area contributed by atoms with Gasteiger partial charge in [0.05, 0.1) is 23.7 Å². The van der Waals surface area contributed by atoms with Gasteiger partial charge in [0, 0.05) is 19.2 Å². The molecule has 0 heterocycles. The van der Waals surface area contributed by atoms with E-state index in [9.17, 15) is 14.9 Å². The number of benzene rings is 1. The van der Waals surface area contributed by atoms with E-state index < -0.39 is 10.8 Å². The molecule has 0 aliphatic rings. The number of aliphatic hydroxyl groups is 2. The van der Waals surface area contributed by atoms with Gasteiger partial charge < -0.3 is 15.1 Å². The van der Waals surface area contributed by atoms with Crippen LogP contribution in [0.3, 0.4) is 0 Å². The SMILES string of the molecule is O=C(c1cccc([N+](=O)[O-])c1Br)N(CCO)CCO. The number of amides is 1. The van der Waals surface area contributed by atoms with E-state index in [1.165, 1.54) is 23.1 Å². The molecule has 0 radical (unpaired) electrons. The monoisotopic (exact) mass is 332 g/mol. The molecule has 0 bridgehead atoms. The van der Waals surface area contributed by atoms with Gasteiger partial charge in [-0.15, -0.1) is 0 Å². The van der Waals surface area contributed by atoms with E-state index in [0.29, 0.717) is 0 Å². The zero-order valence-electron chi connectivity index (χ0n) is 9.95. The topological polar surface area (TPSA) is 104 Å². The first kappa shape index (κ1) is 15.5. The zero-order valence-corrected chi connectivity index (χ0v) is 11.5. The van der Waals surface area contributed by atoms with Gasteiger partial charge in [0.1, 0.15) is 4.47 Å². The molecule has 104 valence electrons. The van der Waals surface area contributed by atoms with Crippen LogP contribution in [0.5, 0.6) is 0 Å². The molecule has 0 aliphatic carbocycles. The molecule has 1 aromatic carbocycles. The zero-order chi connectivity index (χ0) is 14.4. The van der Waals surface area contributed by atoms with Crippen molar-refractivity contribution in [1.82, 2.24) is 4.90 Å². The average Bonchev–Trinajstić information content (AvgIpc) is 2.37. The summed E-state index contributed by atoms with van der Waals surface area (Å²) in [5.41, 5.74) is -0.0881. The van der Waals surface area contributed by atoms with E-state index in [0.717, 1.165) is 0 Å². The van der Waals surface area contributed by atoms with Crippen LogP contribution in [0.4, 0.5) is 5.69 Å². The Hall–Kier alpha value is -1.51. The summed E-state index contributed by atoms with van der Waals surface area (Å²) in [6, 6.07) is 4.14. The van der Waals surface area contributed by atoms with Crippen molar-refractivity contribution in [3.05, 3.63) is 38.3 Å². The van der Waals surface area contributed by atoms with Crippen LogP contribution in [-0.2, 0) is 0 Å². The Balaban J connectivity index is 3.10. The van der Waals surface area contributed by atoms with Crippen LogP contribution in [0.2, 0.25) is 0 Å². The van der Waals surface area contributed by atoms with Crippen molar-refractivity contribution in [2.75, 3.05) is 26.3 Å². The lowest BCUT2D eigenvalue weighted by Crippen LogP contribution is -2.36. The number of nitro groups is 1. The molecule has 0 atom stereocenters. The summed E-state index contributed by atoms with van der Waals surface area (Å²) in [7, 11) is 0. The van der Waals surface area contributed by atoms with Crippen molar-refractivity contribution in [2.45, 2.75) is 0 Å². The first-order valence-electron chi connectivity index (χ1n) is 5.46. The molecule has 2 N–H and O–H groups in total. The Kier molecular flexibility index (Phi) is 5.87. The fraction of sp³-hybridized carbons (Fsp3) is 0.364. The Bertz CT molecular complexity index is 474. The van der Waals surface area contributed by atoms with Crippen LogP contribution in [0, 0.1) is 10.1 Å². The maximum Gasteiger partial charge on any atom is 0.284 e. The second kappa shape index (κ2) is 7.17. The minimum absolute atomic E-state index is 0.0501. The highest BCUT2D eigenvalue weighted by Gasteiger charge is 2.22. The molecule has 0 saturated carbocycles. The highest BCUT2D eigenvalue weighted by atomic mass is 79.9. The average molecular weight is 333 g/mol. The van der Waals surface area contributed by atoms with Crippen LogP contribution in [0.15, 0.2) is 22.7 Å². The molecule has 0 unspecified atom stereocenters. The quantitative estimate of drug-likeness (QED) is 0.591. The third-order valence-corrected chi connectivity index (χ3v) is 3.27. The molecular weight excluding hydrogens is 320 g/mol. The van der Waals surface area contributed by atoms with Crippen molar-refractivity contribution in [3.63, 3.8) is 0 Å². The fourth-order valence-corrected chi connectivity index (χ4v) is 2.13. The lowest BCUT2D eigenvalue weighted by molar-refractivity contribution is -0.385. The van der Waals surface area contributed by atoms with E-state index in [1.807, 2.05) is 0 Å². The number of halogens is 1. The standard InChI is InChI=1S/C11H13BrN2O5/c12-10-8(2-1-3-9(10)14(18)19)11(17)13(4-6-15)5-7-16/h1-3,15-16H,4-7H2. The summed E-state index contributed by atoms with van der Waals surface area (Å²) >= 11 is 3.04. The Morgan fingerprint density at radius 2 is 1.89 bits per heavy atom. The highest BCUT2D eigenvalue weighted by molar-refractivity contribution is 9.10. The van der Waals surface area contributed by atoms with Gasteiger partial charge >= 0.3 is 0 Å². The third kappa shape index (κ3) is 3.72. The summed E-state index contributed by atoms with van der Waals surface area (Å²) in [5, 5.41) is 28.5. The van der Waals surface area contributed by atoms with Gasteiger partial charge in [-0.2, -0.15) is 0 Å². The smallest absolute Gasteiger partial charge is 0.284 e. The van der Waals surface area contributed by atoms with E-state index >= 15 is 0 Å². The second-order valence-electron chi connectivity index (χ2n) is 3.64. The van der Waals surface area contributed by atoms with Gasteiger partial charge in [0.2, 0.25) is 0 Å². The van der Waals surface area contributed by atoms with Gasteiger partial charge in [0.15, 0.2) is 0 Å². The van der Waals surface area contributed by atoms with E-state index in [1.54, 1.807) is 0 Å². The molecule has 1 rings (SSSR count). The molecule has 0 aromatic heterocycles. The predicted molar refractivity (Wildman–Crippen MR) is 70.9 cm³/mol. The van der Waals surface area contributed by atoms with Crippen molar-refractivity contribution in [2.24, 2.45) is 0 Å². The van der Waals surface area contributed by atoms with Gasteiger partial charge in [-0.1, -0.05) is 6.07 Å². The Morgan fingerprint density at radius 1 is 1.32 bits per heavy atom. The molecule has 0 aliphatic heterocycles.